The minimum Gasteiger partial charge on any atom is -0.449 e. The molecule has 0 saturated carbocycles. The third-order valence-corrected chi connectivity index (χ3v) is 6.32. The van der Waals surface area contributed by atoms with Gasteiger partial charge in [-0.3, -0.25) is 9.69 Å². The second-order valence-electron chi connectivity index (χ2n) is 8.74. The molecule has 3 aromatic rings. The van der Waals surface area contributed by atoms with Gasteiger partial charge in [-0.2, -0.15) is 0 Å². The topological polar surface area (TPSA) is 72.0 Å². The molecule has 1 aliphatic heterocycles. The van der Waals surface area contributed by atoms with Gasteiger partial charge in [0.1, 0.15) is 11.3 Å². The van der Waals surface area contributed by atoms with E-state index in [1.807, 2.05) is 64.1 Å². The van der Waals surface area contributed by atoms with E-state index in [1.54, 1.807) is 35.1 Å². The summed E-state index contributed by atoms with van der Waals surface area (Å²) in [6.07, 6.45) is 1.87. The lowest BCUT2D eigenvalue weighted by molar-refractivity contribution is 0.0978. The molecule has 1 aliphatic rings. The fourth-order valence-electron chi connectivity index (χ4n) is 4.22. The molecule has 0 saturated heterocycles. The number of benzene rings is 2. The molecule has 35 heavy (non-hydrogen) atoms. The number of hydrogen-bond acceptors (Lipinski definition) is 5. The second-order valence-corrected chi connectivity index (χ2v) is 8.74. The van der Waals surface area contributed by atoms with Crippen LogP contribution in [-0.2, 0) is 4.74 Å². The summed E-state index contributed by atoms with van der Waals surface area (Å²) in [4.78, 5) is 34.6. The number of rotatable bonds is 5. The number of hydrogen-bond donors (Lipinski definition) is 0. The summed E-state index contributed by atoms with van der Waals surface area (Å²) in [6.45, 7) is 10.4. The molecule has 7 nitrogen and oxygen atoms in total. The monoisotopic (exact) mass is 473 g/mol. The number of ether oxygens (including phenoxy) is 2. The molecule has 0 bridgehead atoms. The van der Waals surface area contributed by atoms with Crippen LogP contribution in [0.3, 0.4) is 0 Å². The highest BCUT2D eigenvalue weighted by atomic mass is 16.6. The smallest absolute Gasteiger partial charge is 0.414 e. The average Bonchev–Trinajstić information content (AvgIpc) is 2.85. The summed E-state index contributed by atoms with van der Waals surface area (Å²) < 4.78 is 11.4. The highest BCUT2D eigenvalue weighted by molar-refractivity contribution is 6.11. The molecule has 4 rings (SSSR count). The van der Waals surface area contributed by atoms with Gasteiger partial charge in [-0.15, -0.1) is 0 Å². The molecule has 1 aromatic heterocycles. The minimum atomic E-state index is -0.402. The van der Waals surface area contributed by atoms with E-state index in [0.29, 0.717) is 35.7 Å². The molecule has 0 N–H and O–H groups in total. The zero-order chi connectivity index (χ0) is 25.1. The fourth-order valence-corrected chi connectivity index (χ4v) is 4.22. The van der Waals surface area contributed by atoms with Gasteiger partial charge >= 0.3 is 6.09 Å². The Balaban J connectivity index is 1.77. The Hall–Kier alpha value is -3.87. The summed E-state index contributed by atoms with van der Waals surface area (Å²) in [6, 6.07) is 14.7. The van der Waals surface area contributed by atoms with Crippen LogP contribution in [0.25, 0.3) is 0 Å². The first-order chi connectivity index (χ1) is 16.8. The van der Waals surface area contributed by atoms with Gasteiger partial charge in [0.2, 0.25) is 5.88 Å². The lowest BCUT2D eigenvalue weighted by Gasteiger charge is -2.42. The van der Waals surface area contributed by atoms with E-state index in [2.05, 4.69) is 4.98 Å². The predicted octanol–water partition coefficient (Wildman–Crippen LogP) is 6.20. The van der Waals surface area contributed by atoms with Crippen LogP contribution in [0.4, 0.5) is 16.2 Å². The van der Waals surface area contributed by atoms with Crippen LogP contribution in [0, 0.1) is 20.8 Å². The number of amides is 2. The van der Waals surface area contributed by atoms with Gasteiger partial charge in [0, 0.05) is 12.7 Å². The number of carbonyl (C=O) groups excluding carboxylic acids is 2. The van der Waals surface area contributed by atoms with Crippen LogP contribution in [-0.4, -0.2) is 36.2 Å². The van der Waals surface area contributed by atoms with Crippen molar-refractivity contribution in [2.24, 2.45) is 0 Å². The second kappa shape index (κ2) is 10.2. The van der Waals surface area contributed by atoms with Crippen LogP contribution in [0.15, 0.2) is 54.7 Å². The summed E-state index contributed by atoms with van der Waals surface area (Å²) in [5.41, 5.74) is 4.87. The maximum Gasteiger partial charge on any atom is 0.414 e. The van der Waals surface area contributed by atoms with Crippen molar-refractivity contribution in [3.8, 4) is 11.6 Å². The van der Waals surface area contributed by atoms with Crippen molar-refractivity contribution in [3.05, 3.63) is 77.0 Å². The first kappa shape index (κ1) is 24.3. The Labute approximate surface area is 206 Å². The number of anilines is 2. The Morgan fingerprint density at radius 1 is 1.00 bits per heavy atom. The van der Waals surface area contributed by atoms with Crippen molar-refractivity contribution < 1.29 is 19.1 Å². The van der Waals surface area contributed by atoms with Gasteiger partial charge in [0.15, 0.2) is 0 Å². The highest BCUT2D eigenvalue weighted by Crippen LogP contribution is 2.40. The molecule has 2 heterocycles. The van der Waals surface area contributed by atoms with Gasteiger partial charge in [0.05, 0.1) is 24.0 Å². The Kier molecular flexibility index (Phi) is 7.05. The molecular formula is C28H31N3O4. The van der Waals surface area contributed by atoms with Gasteiger partial charge in [-0.1, -0.05) is 24.6 Å². The first-order valence-electron chi connectivity index (χ1n) is 11.9. The Morgan fingerprint density at radius 2 is 1.69 bits per heavy atom. The average molecular weight is 474 g/mol. The zero-order valence-corrected chi connectivity index (χ0v) is 20.9. The molecule has 1 atom stereocenters. The molecule has 182 valence electrons. The number of fused-ring (bicyclic) bond motifs is 1. The molecule has 1 unspecified atom stereocenters. The summed E-state index contributed by atoms with van der Waals surface area (Å²) in [5, 5.41) is 0. The van der Waals surface area contributed by atoms with E-state index in [9.17, 15) is 9.59 Å². The summed E-state index contributed by atoms with van der Waals surface area (Å²) in [7, 11) is 0. The SMILES string of the molecule is CCOC(=O)N1c2cc(C)c(C)cc2N(C(=O)c2cccnc2Oc2ccc(C)cc2)CC1CC. The molecule has 0 radical (unpaired) electrons. The van der Waals surface area contributed by atoms with E-state index in [-0.39, 0.29) is 24.4 Å². The Bertz CT molecular complexity index is 1240. The summed E-state index contributed by atoms with van der Waals surface area (Å²) >= 11 is 0. The molecule has 0 fully saturated rings. The fraction of sp³-hybridized carbons (Fsp3) is 0.321. The normalized spacial score (nSPS) is 14.9. The van der Waals surface area contributed by atoms with Crippen LogP contribution < -0.4 is 14.5 Å². The van der Waals surface area contributed by atoms with Crippen molar-refractivity contribution in [3.63, 3.8) is 0 Å². The lowest BCUT2D eigenvalue weighted by atomic mass is 9.99. The van der Waals surface area contributed by atoms with Crippen LogP contribution in [0.2, 0.25) is 0 Å². The van der Waals surface area contributed by atoms with Crippen LogP contribution in [0.1, 0.15) is 47.3 Å². The van der Waals surface area contributed by atoms with Gasteiger partial charge in [0.25, 0.3) is 5.91 Å². The van der Waals surface area contributed by atoms with Crippen molar-refractivity contribution in [2.75, 3.05) is 23.0 Å². The Morgan fingerprint density at radius 3 is 2.34 bits per heavy atom. The quantitative estimate of drug-likeness (QED) is 0.441. The standard InChI is InChI=1S/C28H31N3O4/c1-6-21-17-30(24-15-19(4)20(5)16-25(24)31(21)28(33)34-7-2)27(32)23-9-8-14-29-26(23)35-22-12-10-18(3)11-13-22/h8-16,21H,6-7,17H2,1-5H3. The highest BCUT2D eigenvalue weighted by Gasteiger charge is 2.38. The van der Waals surface area contributed by atoms with E-state index in [1.165, 1.54) is 0 Å². The predicted molar refractivity (Wildman–Crippen MR) is 137 cm³/mol. The van der Waals surface area contributed by atoms with Crippen molar-refractivity contribution in [1.82, 2.24) is 4.98 Å². The molecule has 0 aliphatic carbocycles. The van der Waals surface area contributed by atoms with E-state index in [4.69, 9.17) is 9.47 Å². The largest absolute Gasteiger partial charge is 0.449 e. The van der Waals surface area contributed by atoms with Crippen molar-refractivity contribution in [1.29, 1.82) is 0 Å². The van der Waals surface area contributed by atoms with E-state index >= 15 is 0 Å². The molecular weight excluding hydrogens is 442 g/mol. The van der Waals surface area contributed by atoms with Gasteiger partial charge < -0.3 is 14.4 Å². The minimum absolute atomic E-state index is 0.230. The molecule has 0 spiro atoms. The van der Waals surface area contributed by atoms with Gasteiger partial charge in [-0.25, -0.2) is 9.78 Å². The molecule has 2 amide bonds. The number of nitrogens with zero attached hydrogens (tertiary/aromatic N) is 3. The lowest BCUT2D eigenvalue weighted by Crippen LogP contribution is -2.53. The molecule has 2 aromatic carbocycles. The maximum atomic E-state index is 14.0. The number of aryl methyl sites for hydroxylation is 3. The summed E-state index contributed by atoms with van der Waals surface area (Å²) in [5.74, 6) is 0.619. The number of aromatic nitrogens is 1. The van der Waals surface area contributed by atoms with Crippen molar-refractivity contribution >= 4 is 23.4 Å². The third kappa shape index (κ3) is 4.85. The van der Waals surface area contributed by atoms with Crippen LogP contribution in [0.5, 0.6) is 11.6 Å². The number of pyridine rings is 1. The van der Waals surface area contributed by atoms with E-state index in [0.717, 1.165) is 16.7 Å². The maximum absolute atomic E-state index is 14.0. The third-order valence-electron chi connectivity index (χ3n) is 6.32. The molecule has 7 heteroatoms. The first-order valence-corrected chi connectivity index (χ1v) is 11.9. The van der Waals surface area contributed by atoms with Crippen molar-refractivity contribution in [2.45, 2.75) is 47.1 Å². The van der Waals surface area contributed by atoms with Gasteiger partial charge in [-0.05, 0) is 81.6 Å². The number of carbonyl (C=O) groups is 2. The van der Waals surface area contributed by atoms with Crippen LogP contribution >= 0.6 is 0 Å². The van der Waals surface area contributed by atoms with E-state index < -0.39 is 6.09 Å². The zero-order valence-electron chi connectivity index (χ0n) is 20.9.